The van der Waals surface area contributed by atoms with Crippen LogP contribution in [0.15, 0.2) is 151 Å². The first-order valence-electron chi connectivity index (χ1n) is 25.0. The largest absolute Gasteiger partial charge is 0.486 e. The fraction of sp³-hybridized carbons (Fsp3) is 0.222. The predicted octanol–water partition coefficient (Wildman–Crippen LogP) is 17.0. The van der Waals surface area contributed by atoms with E-state index in [9.17, 15) is 0 Å². The van der Waals surface area contributed by atoms with Gasteiger partial charge < -0.3 is 22.2 Å². The number of rotatable bonds is 6. The molecule has 7 aromatic heterocycles. The van der Waals surface area contributed by atoms with Crippen molar-refractivity contribution in [3.05, 3.63) is 168 Å². The number of hydrogen-bond donors (Lipinski definition) is 0. The number of imidazole rings is 1. The summed E-state index contributed by atoms with van der Waals surface area (Å²) >= 11 is 0. The molecule has 0 amide bonds. The molecule has 0 bridgehead atoms. The number of pyridine rings is 1. The normalized spacial score (nSPS) is 12.3. The second-order valence-electron chi connectivity index (χ2n) is 21.5. The molecule has 11 heteroatoms. The van der Waals surface area contributed by atoms with Crippen molar-refractivity contribution in [3.63, 3.8) is 0 Å². The molecule has 1 radical (unpaired) electrons. The van der Waals surface area contributed by atoms with Crippen LogP contribution in [-0.4, -0.2) is 29.5 Å². The van der Waals surface area contributed by atoms with Crippen LogP contribution in [-0.2, 0) is 30.9 Å². The molecule has 74 heavy (non-hydrogen) atoms. The molecule has 371 valence electrons. The summed E-state index contributed by atoms with van der Waals surface area (Å²) in [6.07, 6.45) is 1.81. The molecule has 0 saturated heterocycles. The van der Waals surface area contributed by atoms with Crippen molar-refractivity contribution in [3.8, 4) is 39.6 Å². The van der Waals surface area contributed by atoms with Crippen LogP contribution < -0.4 is 0 Å². The third-order valence-corrected chi connectivity index (χ3v) is 13.5. The minimum absolute atomic E-state index is 0. The predicted molar refractivity (Wildman–Crippen MR) is 292 cm³/mol. The van der Waals surface area contributed by atoms with Gasteiger partial charge in [0.25, 0.3) is 5.71 Å². The second-order valence-corrected chi connectivity index (χ2v) is 21.5. The van der Waals surface area contributed by atoms with Crippen LogP contribution in [0.4, 0.5) is 0 Å². The summed E-state index contributed by atoms with van der Waals surface area (Å²) in [6.45, 7) is 21.7. The number of aromatic nitrogens is 6. The van der Waals surface area contributed by atoms with Gasteiger partial charge in [-0.05, 0) is 82.6 Å². The van der Waals surface area contributed by atoms with E-state index in [1.165, 1.54) is 22.3 Å². The molecule has 13 aromatic rings. The molecule has 10 nitrogen and oxygen atoms in total. The fourth-order valence-electron chi connectivity index (χ4n) is 9.78. The molecule has 0 N–H and O–H groups in total. The SMILES string of the molecule is CC(C)(C)c1ccnc(-c2[c-]cccc2)n1.CC(C)c1cc(-c2ccccc2)cc(C(C)C)c1-n1c(-c2[c-]ccc3c2oc2nc4c(cc23)oc2ccccc24)nc2ccc3c4oc(C(C)(C)C)nc4oc3c21.[Ir]. The number of nitrogens with zero attached hydrogens (tertiary/aromatic N) is 6. The van der Waals surface area contributed by atoms with Crippen molar-refractivity contribution in [1.29, 1.82) is 0 Å². The quantitative estimate of drug-likeness (QED) is 0.150. The van der Waals surface area contributed by atoms with E-state index < -0.39 is 0 Å². The summed E-state index contributed by atoms with van der Waals surface area (Å²) < 4.78 is 28.5. The maximum atomic E-state index is 6.77. The van der Waals surface area contributed by atoms with Gasteiger partial charge >= 0.3 is 0 Å². The standard InChI is InChI=1S/C49H39N4O4.C14H15N2.Ir/c1-25(2)33-22-28(27-14-9-8-10-15-27)23-34(26(3)4)40(33)53-41-36(21-20-31-43(41)56-47-44(31)57-48(52-47)49(5,6)7)50-45(53)32-18-13-17-29-35-24-38-39(51-46(35)55-42(29)32)30-16-11-12-19-37(30)54-38;1-14(2,3)12-9-10-15-13(16-12)11-7-5-4-6-8-11;/h8-17,19-26H,1-7H3;4-7,9-10H,1-3H3;/q2*-1;. The summed E-state index contributed by atoms with van der Waals surface area (Å²) in [5.74, 6) is 2.38. The van der Waals surface area contributed by atoms with Crippen LogP contribution in [0.2, 0.25) is 0 Å². The molecule has 13 rings (SSSR count). The smallest absolute Gasteiger partial charge is 0.267 e. The topological polar surface area (TPSA) is 122 Å². The molecule has 0 saturated carbocycles. The van der Waals surface area contributed by atoms with Crippen molar-refractivity contribution in [2.24, 2.45) is 0 Å². The molecular weight excluding hydrogens is 1100 g/mol. The van der Waals surface area contributed by atoms with Crippen molar-refractivity contribution >= 4 is 77.4 Å². The summed E-state index contributed by atoms with van der Waals surface area (Å²) in [5, 5.41) is 3.56. The van der Waals surface area contributed by atoms with Gasteiger partial charge in [0.2, 0.25) is 17.2 Å². The molecule has 0 aliphatic carbocycles. The first-order valence-corrected chi connectivity index (χ1v) is 25.0. The van der Waals surface area contributed by atoms with Gasteiger partial charge in [0.1, 0.15) is 16.6 Å². The summed E-state index contributed by atoms with van der Waals surface area (Å²) in [6, 6.07) is 49.7. The second kappa shape index (κ2) is 18.3. The van der Waals surface area contributed by atoms with Crippen molar-refractivity contribution in [1.82, 2.24) is 29.5 Å². The third-order valence-electron chi connectivity index (χ3n) is 13.5. The molecule has 0 unspecified atom stereocenters. The fourth-order valence-corrected chi connectivity index (χ4v) is 9.78. The van der Waals surface area contributed by atoms with E-state index in [-0.39, 0.29) is 42.8 Å². The van der Waals surface area contributed by atoms with Crippen LogP contribution >= 0.6 is 0 Å². The average Bonchev–Trinajstić information content (AvgIpc) is 4.22. The number of benzene rings is 6. The summed E-state index contributed by atoms with van der Waals surface area (Å²) in [4.78, 5) is 24.1. The van der Waals surface area contributed by atoms with Gasteiger partial charge in [-0.25, -0.2) is 4.98 Å². The van der Waals surface area contributed by atoms with Crippen LogP contribution in [0, 0.1) is 12.1 Å². The van der Waals surface area contributed by atoms with Gasteiger partial charge in [0, 0.05) is 59.3 Å². The maximum Gasteiger partial charge on any atom is 0.267 e. The zero-order chi connectivity index (χ0) is 50.5. The first kappa shape index (κ1) is 48.5. The number of furan rings is 3. The van der Waals surface area contributed by atoms with Crippen LogP contribution in [0.1, 0.15) is 104 Å². The van der Waals surface area contributed by atoms with E-state index >= 15 is 0 Å². The number of para-hydroxylation sites is 1. The molecule has 0 aliphatic rings. The Kier molecular flexibility index (Phi) is 12.0. The van der Waals surface area contributed by atoms with Crippen molar-refractivity contribution in [2.45, 2.75) is 91.9 Å². The van der Waals surface area contributed by atoms with E-state index in [1.54, 1.807) is 0 Å². The number of hydrogen-bond acceptors (Lipinski definition) is 9. The van der Waals surface area contributed by atoms with Crippen LogP contribution in [0.3, 0.4) is 0 Å². The Labute approximate surface area is 442 Å². The molecule has 6 aromatic carbocycles. The number of fused-ring (bicyclic) bond motifs is 11. The third kappa shape index (κ3) is 8.28. The van der Waals surface area contributed by atoms with Crippen LogP contribution in [0.25, 0.3) is 117 Å². The Morgan fingerprint density at radius 2 is 1.27 bits per heavy atom. The van der Waals surface area contributed by atoms with E-state index in [1.807, 2.05) is 91.1 Å². The van der Waals surface area contributed by atoms with Gasteiger partial charge in [-0.3, -0.25) is 15.0 Å². The molecule has 7 heterocycles. The molecule has 0 fully saturated rings. The maximum absolute atomic E-state index is 6.77. The first-order chi connectivity index (χ1) is 35.1. The Bertz CT molecular complexity index is 4210. The Morgan fingerprint density at radius 3 is 1.99 bits per heavy atom. The molecule has 0 atom stereocenters. The van der Waals surface area contributed by atoms with Crippen molar-refractivity contribution < 1.29 is 37.8 Å². The van der Waals surface area contributed by atoms with Gasteiger partial charge in [-0.2, -0.15) is 4.98 Å². The Balaban J connectivity index is 0.000000296. The summed E-state index contributed by atoms with van der Waals surface area (Å²) in [5.41, 5.74) is 15.1. The van der Waals surface area contributed by atoms with Gasteiger partial charge in [-0.1, -0.05) is 123 Å². The van der Waals surface area contributed by atoms with Crippen molar-refractivity contribution in [2.75, 3.05) is 0 Å². The Hall–Kier alpha value is -7.72. The van der Waals surface area contributed by atoms with Gasteiger partial charge in [0.15, 0.2) is 11.2 Å². The van der Waals surface area contributed by atoms with E-state index in [2.05, 4.69) is 138 Å². The van der Waals surface area contributed by atoms with E-state index in [0.29, 0.717) is 45.5 Å². The average molecular weight is 1150 g/mol. The van der Waals surface area contributed by atoms with Gasteiger partial charge in [0.05, 0.1) is 28.1 Å². The molecule has 0 spiro atoms. The van der Waals surface area contributed by atoms with Crippen LogP contribution in [0.5, 0.6) is 0 Å². The minimum atomic E-state index is -0.280. The Morgan fingerprint density at radius 1 is 0.541 bits per heavy atom. The van der Waals surface area contributed by atoms with E-state index in [4.69, 9.17) is 32.6 Å². The number of oxazole rings is 1. The summed E-state index contributed by atoms with van der Waals surface area (Å²) in [7, 11) is 0. The molecule has 0 aliphatic heterocycles. The zero-order valence-electron chi connectivity index (χ0n) is 43.0. The zero-order valence-corrected chi connectivity index (χ0v) is 45.4. The monoisotopic (exact) mass is 1150 g/mol. The minimum Gasteiger partial charge on any atom is -0.486 e. The molecular formula is C63H54IrN6O4-2. The van der Waals surface area contributed by atoms with E-state index in [0.717, 1.165) is 72.0 Å². The van der Waals surface area contributed by atoms with Gasteiger partial charge in [-0.15, -0.1) is 54.1 Å².